The lowest BCUT2D eigenvalue weighted by Crippen LogP contribution is -2.71. The van der Waals surface area contributed by atoms with Gasteiger partial charge in [-0.25, -0.2) is 0 Å². The summed E-state index contributed by atoms with van der Waals surface area (Å²) in [6.45, 7) is 4.91. The zero-order valence-electron chi connectivity index (χ0n) is 25.0. The van der Waals surface area contributed by atoms with Crippen LogP contribution < -0.4 is 15.6 Å². The standard InChI is InChI=1S/C38H44O3Si/c1-27-24-29(40)25-28-18-19-33-34-20-21-36(37(34,2)23-22-35(33)38(27,28)26-39)41-42(30-12-6-3-7-13-30,31-14-8-4-9-15-31)32-16-10-5-11-17-32/h3-17,25,27,33-36,39H,18-24,26H2,1-2H3/t27-,33+,34+,35+,36+,37+,38+/m1/s1. The lowest BCUT2D eigenvalue weighted by Gasteiger charge is -2.60. The highest BCUT2D eigenvalue weighted by atomic mass is 28.4. The van der Waals surface area contributed by atoms with E-state index in [1.165, 1.54) is 27.6 Å². The van der Waals surface area contributed by atoms with Crippen molar-refractivity contribution in [2.45, 2.75) is 64.9 Å². The van der Waals surface area contributed by atoms with Gasteiger partial charge in [0, 0.05) is 11.8 Å². The average molecular weight is 577 g/mol. The summed E-state index contributed by atoms with van der Waals surface area (Å²) in [5.41, 5.74) is 1.10. The molecule has 0 saturated heterocycles. The van der Waals surface area contributed by atoms with Gasteiger partial charge >= 0.3 is 0 Å². The number of hydrogen-bond acceptors (Lipinski definition) is 3. The van der Waals surface area contributed by atoms with E-state index < -0.39 is 8.32 Å². The number of hydrogen-bond donors (Lipinski definition) is 1. The van der Waals surface area contributed by atoms with Crippen LogP contribution in [-0.4, -0.2) is 31.9 Å². The summed E-state index contributed by atoms with van der Waals surface area (Å²) in [5, 5.41) is 14.9. The monoisotopic (exact) mass is 576 g/mol. The fourth-order valence-electron chi connectivity index (χ4n) is 10.2. The van der Waals surface area contributed by atoms with Crippen LogP contribution in [0, 0.1) is 34.5 Å². The molecule has 4 aliphatic rings. The SMILES string of the molecule is C[C@@H]1CC(=O)C=C2CC[C@H]3[C@@H]4CC[C@H](O[Si](c5ccccc5)(c5ccccc5)c5ccccc5)[C@@]4(C)CC[C@@H]3[C@]21CO. The van der Waals surface area contributed by atoms with Crippen molar-refractivity contribution in [1.29, 1.82) is 0 Å². The van der Waals surface area contributed by atoms with E-state index in [1.54, 1.807) is 0 Å². The average Bonchev–Trinajstić information content (AvgIpc) is 3.36. The van der Waals surface area contributed by atoms with Crippen molar-refractivity contribution in [3.8, 4) is 0 Å². The minimum atomic E-state index is -2.81. The molecule has 218 valence electrons. The van der Waals surface area contributed by atoms with Crippen LogP contribution in [0.2, 0.25) is 0 Å². The molecule has 42 heavy (non-hydrogen) atoms. The summed E-state index contributed by atoms with van der Waals surface area (Å²) in [7, 11) is -2.81. The molecule has 4 heteroatoms. The second-order valence-corrected chi connectivity index (χ2v) is 17.2. The Hall–Kier alpha value is -2.79. The minimum Gasteiger partial charge on any atom is -0.401 e. The lowest BCUT2D eigenvalue weighted by atomic mass is 9.45. The molecule has 0 radical (unpaired) electrons. The van der Waals surface area contributed by atoms with E-state index in [0.29, 0.717) is 24.2 Å². The van der Waals surface area contributed by atoms with Gasteiger partial charge in [0.2, 0.25) is 0 Å². The van der Waals surface area contributed by atoms with Crippen molar-refractivity contribution in [2.24, 2.45) is 34.5 Å². The van der Waals surface area contributed by atoms with Gasteiger partial charge in [-0.15, -0.1) is 0 Å². The molecule has 0 spiro atoms. The highest BCUT2D eigenvalue weighted by Crippen LogP contribution is 2.66. The van der Waals surface area contributed by atoms with Crippen LogP contribution in [0.5, 0.6) is 0 Å². The fourth-order valence-corrected chi connectivity index (χ4v) is 14.4. The summed E-state index contributed by atoms with van der Waals surface area (Å²) in [4.78, 5) is 12.5. The maximum atomic E-state index is 12.5. The molecular formula is C38H44O3Si. The Morgan fingerprint density at radius 1 is 0.810 bits per heavy atom. The van der Waals surface area contributed by atoms with Crippen molar-refractivity contribution < 1.29 is 14.3 Å². The molecule has 0 bridgehead atoms. The number of rotatable bonds is 6. The molecule has 1 N–H and O–H groups in total. The van der Waals surface area contributed by atoms with Gasteiger partial charge in [0.25, 0.3) is 8.32 Å². The van der Waals surface area contributed by atoms with Crippen molar-refractivity contribution in [1.82, 2.24) is 0 Å². The van der Waals surface area contributed by atoms with Crippen molar-refractivity contribution >= 4 is 29.7 Å². The van der Waals surface area contributed by atoms with E-state index in [-0.39, 0.29) is 35.2 Å². The number of aliphatic hydroxyl groups is 1. The number of benzene rings is 3. The number of fused-ring (bicyclic) bond motifs is 5. The first-order chi connectivity index (χ1) is 20.4. The van der Waals surface area contributed by atoms with Crippen molar-refractivity contribution in [2.75, 3.05) is 6.61 Å². The summed E-state index contributed by atoms with van der Waals surface area (Å²) in [6.07, 6.45) is 9.21. The van der Waals surface area contributed by atoms with Crippen molar-refractivity contribution in [3.05, 3.63) is 103 Å². The Labute approximate surface area is 252 Å². The smallest absolute Gasteiger partial charge is 0.288 e. The summed E-state index contributed by atoms with van der Waals surface area (Å²) < 4.78 is 7.84. The largest absolute Gasteiger partial charge is 0.401 e. The van der Waals surface area contributed by atoms with Crippen LogP contribution in [0.25, 0.3) is 0 Å². The summed E-state index contributed by atoms with van der Waals surface area (Å²) >= 11 is 0. The van der Waals surface area contributed by atoms with Gasteiger partial charge in [-0.05, 0) is 89.2 Å². The predicted molar refractivity (Wildman–Crippen MR) is 172 cm³/mol. The zero-order chi connectivity index (χ0) is 29.0. The van der Waals surface area contributed by atoms with E-state index in [0.717, 1.165) is 32.1 Å². The number of ketones is 1. The predicted octanol–water partition coefficient (Wildman–Crippen LogP) is 5.79. The number of aliphatic hydroxyl groups excluding tert-OH is 1. The van der Waals surface area contributed by atoms with Crippen LogP contribution in [0.4, 0.5) is 0 Å². The molecule has 0 aliphatic heterocycles. The summed E-state index contributed by atoms with van der Waals surface area (Å²) in [5.74, 6) is 2.04. The van der Waals surface area contributed by atoms with E-state index in [2.05, 4.69) is 105 Å². The van der Waals surface area contributed by atoms with Crippen molar-refractivity contribution in [3.63, 3.8) is 0 Å². The molecule has 3 fully saturated rings. The van der Waals surface area contributed by atoms with Gasteiger partial charge in [0.05, 0.1) is 12.7 Å². The van der Waals surface area contributed by atoms with Crippen LogP contribution in [0.15, 0.2) is 103 Å². The first-order valence-corrected chi connectivity index (χ1v) is 18.0. The van der Waals surface area contributed by atoms with Crippen LogP contribution in [0.1, 0.15) is 58.8 Å². The Morgan fingerprint density at radius 3 is 1.93 bits per heavy atom. The van der Waals surface area contributed by atoms with Gasteiger partial charge in [0.15, 0.2) is 5.78 Å². The Bertz CT molecular complexity index is 1360. The zero-order valence-corrected chi connectivity index (χ0v) is 26.0. The van der Waals surface area contributed by atoms with E-state index >= 15 is 0 Å². The number of carbonyl (C=O) groups is 1. The molecule has 3 aromatic carbocycles. The van der Waals surface area contributed by atoms with Crippen LogP contribution in [0.3, 0.4) is 0 Å². The lowest BCUT2D eigenvalue weighted by molar-refractivity contribution is -0.125. The molecule has 0 amide bonds. The third kappa shape index (κ3) is 4.09. The second-order valence-electron chi connectivity index (χ2n) is 13.9. The third-order valence-corrected chi connectivity index (χ3v) is 16.3. The normalized spacial score (nSPS) is 34.2. The quantitative estimate of drug-likeness (QED) is 0.299. The first kappa shape index (κ1) is 28.0. The topological polar surface area (TPSA) is 46.5 Å². The fraction of sp³-hybridized carbons (Fsp3) is 0.447. The highest BCUT2D eigenvalue weighted by molar-refractivity contribution is 7.07. The molecule has 7 rings (SSSR count). The second kappa shape index (κ2) is 10.7. The third-order valence-electron chi connectivity index (χ3n) is 12.2. The molecule has 3 saturated carbocycles. The molecule has 3 nitrogen and oxygen atoms in total. The van der Waals surface area contributed by atoms with E-state index in [4.69, 9.17) is 4.43 Å². The minimum absolute atomic E-state index is 0.0867. The molecule has 7 atom stereocenters. The van der Waals surface area contributed by atoms with Crippen LogP contribution in [-0.2, 0) is 9.22 Å². The van der Waals surface area contributed by atoms with E-state index in [1.807, 2.05) is 6.08 Å². The number of carbonyl (C=O) groups excluding carboxylic acids is 1. The molecule has 4 aliphatic carbocycles. The maximum absolute atomic E-state index is 12.5. The van der Waals surface area contributed by atoms with Crippen LogP contribution >= 0.6 is 0 Å². The summed E-state index contributed by atoms with van der Waals surface area (Å²) in [6, 6.07) is 33.0. The Morgan fingerprint density at radius 2 is 1.38 bits per heavy atom. The van der Waals surface area contributed by atoms with Gasteiger partial charge in [-0.2, -0.15) is 0 Å². The highest BCUT2D eigenvalue weighted by Gasteiger charge is 2.63. The molecule has 3 aromatic rings. The first-order valence-electron chi connectivity index (χ1n) is 16.1. The Balaban J connectivity index is 1.29. The maximum Gasteiger partial charge on any atom is 0.288 e. The van der Waals surface area contributed by atoms with Gasteiger partial charge in [-0.1, -0.05) is 110 Å². The molecule has 0 aromatic heterocycles. The molecule has 0 unspecified atom stereocenters. The van der Waals surface area contributed by atoms with E-state index in [9.17, 15) is 9.90 Å². The Kier molecular flexibility index (Phi) is 7.16. The van der Waals surface area contributed by atoms with Gasteiger partial charge in [-0.3, -0.25) is 4.79 Å². The molecular weight excluding hydrogens is 533 g/mol. The molecule has 0 heterocycles. The van der Waals surface area contributed by atoms with Gasteiger partial charge in [0.1, 0.15) is 0 Å². The van der Waals surface area contributed by atoms with Gasteiger partial charge < -0.3 is 9.53 Å².